The quantitative estimate of drug-likeness (QED) is 0.834. The van der Waals surface area contributed by atoms with Crippen molar-refractivity contribution in [3.63, 3.8) is 0 Å². The lowest BCUT2D eigenvalue weighted by atomic mass is 9.98. The Morgan fingerprint density at radius 3 is 3.06 bits per heavy atom. The minimum atomic E-state index is 0.441. The van der Waals surface area contributed by atoms with Crippen LogP contribution in [0.15, 0.2) is 6.20 Å². The van der Waals surface area contributed by atoms with Crippen LogP contribution in [0.2, 0.25) is 0 Å². The molecule has 0 saturated carbocycles. The molecule has 4 nitrogen and oxygen atoms in total. The van der Waals surface area contributed by atoms with Gasteiger partial charge in [-0.15, -0.1) is 0 Å². The summed E-state index contributed by atoms with van der Waals surface area (Å²) in [6, 6.07) is 0.441. The topological polar surface area (TPSA) is 55.0 Å². The Hall–Kier alpha value is -1.16. The predicted octanol–water partition coefficient (Wildman–Crippen LogP) is 1.28. The zero-order valence-electron chi connectivity index (χ0n) is 10.2. The van der Waals surface area contributed by atoms with E-state index in [0.717, 1.165) is 25.3 Å². The summed E-state index contributed by atoms with van der Waals surface area (Å²) >= 11 is 0. The molecule has 17 heavy (non-hydrogen) atoms. The number of aryl methyl sites for hydroxylation is 2. The molecule has 1 unspecified atom stereocenters. The second-order valence-corrected chi connectivity index (χ2v) is 5.07. The number of rotatable bonds is 2. The molecule has 2 aliphatic rings. The molecule has 0 bridgehead atoms. The zero-order valence-corrected chi connectivity index (χ0v) is 10.2. The molecule has 1 atom stereocenters. The van der Waals surface area contributed by atoms with Crippen molar-refractivity contribution in [2.24, 2.45) is 5.73 Å². The molecule has 92 valence electrons. The predicted molar refractivity (Wildman–Crippen MR) is 68.1 cm³/mol. The van der Waals surface area contributed by atoms with E-state index in [4.69, 9.17) is 10.7 Å². The first-order chi connectivity index (χ1) is 8.38. The summed E-state index contributed by atoms with van der Waals surface area (Å²) in [5.41, 5.74) is 8.42. The van der Waals surface area contributed by atoms with Crippen LogP contribution >= 0.6 is 0 Å². The Labute approximate surface area is 102 Å². The largest absolute Gasteiger partial charge is 0.337 e. The summed E-state index contributed by atoms with van der Waals surface area (Å²) in [7, 11) is 0. The molecule has 2 heterocycles. The van der Waals surface area contributed by atoms with Gasteiger partial charge in [-0.2, -0.15) is 0 Å². The highest BCUT2D eigenvalue weighted by Gasteiger charge is 2.26. The maximum atomic E-state index is 5.80. The van der Waals surface area contributed by atoms with Crippen LogP contribution in [0, 0.1) is 0 Å². The summed E-state index contributed by atoms with van der Waals surface area (Å²) in [6.07, 6.45) is 9.23. The fourth-order valence-corrected chi connectivity index (χ4v) is 2.95. The van der Waals surface area contributed by atoms with Crippen LogP contribution in [0.4, 0.5) is 5.95 Å². The van der Waals surface area contributed by atoms with Crippen molar-refractivity contribution in [1.29, 1.82) is 0 Å². The Balaban J connectivity index is 1.88. The molecule has 4 heteroatoms. The van der Waals surface area contributed by atoms with Gasteiger partial charge in [0, 0.05) is 31.0 Å². The number of anilines is 1. The van der Waals surface area contributed by atoms with E-state index in [1.54, 1.807) is 0 Å². The van der Waals surface area contributed by atoms with Crippen LogP contribution in [0.3, 0.4) is 0 Å². The van der Waals surface area contributed by atoms with E-state index in [1.165, 1.54) is 36.9 Å². The standard InChI is InChI=1S/C13H20N4/c14-8-11-5-3-7-17(11)13-15-9-10-4-1-2-6-12(10)16-13/h9,11H,1-8,14H2. The van der Waals surface area contributed by atoms with Gasteiger partial charge in [-0.1, -0.05) is 0 Å². The molecule has 1 aliphatic heterocycles. The number of fused-ring (bicyclic) bond motifs is 1. The average molecular weight is 232 g/mol. The average Bonchev–Trinajstić information content (AvgIpc) is 2.86. The summed E-state index contributed by atoms with van der Waals surface area (Å²) < 4.78 is 0. The van der Waals surface area contributed by atoms with Gasteiger partial charge in [0.1, 0.15) is 0 Å². The lowest BCUT2D eigenvalue weighted by molar-refractivity contribution is 0.639. The summed E-state index contributed by atoms with van der Waals surface area (Å²) in [5.74, 6) is 0.901. The fourth-order valence-electron chi connectivity index (χ4n) is 2.95. The molecule has 1 aromatic heterocycles. The third-order valence-corrected chi connectivity index (χ3v) is 3.96. The van der Waals surface area contributed by atoms with Gasteiger partial charge in [-0.05, 0) is 44.1 Å². The monoisotopic (exact) mass is 232 g/mol. The zero-order chi connectivity index (χ0) is 11.7. The van der Waals surface area contributed by atoms with Crippen LogP contribution in [0.25, 0.3) is 0 Å². The van der Waals surface area contributed by atoms with Crippen molar-refractivity contribution in [3.05, 3.63) is 17.5 Å². The molecule has 1 aliphatic carbocycles. The third kappa shape index (κ3) is 2.02. The summed E-state index contributed by atoms with van der Waals surface area (Å²) in [5, 5.41) is 0. The Morgan fingerprint density at radius 2 is 2.18 bits per heavy atom. The van der Waals surface area contributed by atoms with Crippen molar-refractivity contribution in [2.45, 2.75) is 44.6 Å². The van der Waals surface area contributed by atoms with Gasteiger partial charge in [-0.25, -0.2) is 9.97 Å². The van der Waals surface area contributed by atoms with Gasteiger partial charge in [0.25, 0.3) is 0 Å². The van der Waals surface area contributed by atoms with E-state index in [1.807, 2.05) is 6.20 Å². The first-order valence-corrected chi connectivity index (χ1v) is 6.70. The number of aromatic nitrogens is 2. The van der Waals surface area contributed by atoms with Gasteiger partial charge < -0.3 is 10.6 Å². The second-order valence-electron chi connectivity index (χ2n) is 5.07. The fraction of sp³-hybridized carbons (Fsp3) is 0.692. The van der Waals surface area contributed by atoms with Gasteiger partial charge >= 0.3 is 0 Å². The molecular weight excluding hydrogens is 212 g/mol. The first-order valence-electron chi connectivity index (χ1n) is 6.70. The summed E-state index contributed by atoms with van der Waals surface area (Å²) in [4.78, 5) is 11.6. The highest BCUT2D eigenvalue weighted by atomic mass is 15.3. The highest BCUT2D eigenvalue weighted by molar-refractivity contribution is 5.37. The Bertz CT molecular complexity index is 404. The van der Waals surface area contributed by atoms with Crippen molar-refractivity contribution in [2.75, 3.05) is 18.0 Å². The van der Waals surface area contributed by atoms with Crippen molar-refractivity contribution >= 4 is 5.95 Å². The summed E-state index contributed by atoms with van der Waals surface area (Å²) in [6.45, 7) is 1.76. The van der Waals surface area contributed by atoms with Gasteiger partial charge in [0.15, 0.2) is 0 Å². The molecule has 0 radical (unpaired) electrons. The second kappa shape index (κ2) is 4.61. The number of nitrogens with zero attached hydrogens (tertiary/aromatic N) is 3. The van der Waals surface area contributed by atoms with Gasteiger partial charge in [-0.3, -0.25) is 0 Å². The van der Waals surface area contributed by atoms with Crippen LogP contribution in [-0.2, 0) is 12.8 Å². The molecule has 1 saturated heterocycles. The van der Waals surface area contributed by atoms with Gasteiger partial charge in [0.2, 0.25) is 5.95 Å². The molecule has 1 aromatic rings. The Morgan fingerprint density at radius 1 is 1.29 bits per heavy atom. The van der Waals surface area contributed by atoms with E-state index < -0.39 is 0 Å². The molecule has 3 rings (SSSR count). The van der Waals surface area contributed by atoms with Crippen molar-refractivity contribution < 1.29 is 0 Å². The smallest absolute Gasteiger partial charge is 0.225 e. The van der Waals surface area contributed by atoms with E-state index in [-0.39, 0.29) is 0 Å². The van der Waals surface area contributed by atoms with E-state index in [9.17, 15) is 0 Å². The van der Waals surface area contributed by atoms with Crippen molar-refractivity contribution in [1.82, 2.24) is 9.97 Å². The number of nitrogens with two attached hydrogens (primary N) is 1. The normalized spacial score (nSPS) is 23.8. The molecule has 2 N–H and O–H groups in total. The van der Waals surface area contributed by atoms with Gasteiger partial charge in [0.05, 0.1) is 0 Å². The maximum Gasteiger partial charge on any atom is 0.225 e. The number of hydrogen-bond acceptors (Lipinski definition) is 4. The molecule has 0 spiro atoms. The van der Waals surface area contributed by atoms with Crippen LogP contribution < -0.4 is 10.6 Å². The number of hydrogen-bond donors (Lipinski definition) is 1. The highest BCUT2D eigenvalue weighted by Crippen LogP contribution is 2.25. The molecular formula is C13H20N4. The van der Waals surface area contributed by atoms with Crippen LogP contribution in [-0.4, -0.2) is 29.1 Å². The van der Waals surface area contributed by atoms with E-state index >= 15 is 0 Å². The SMILES string of the molecule is NCC1CCCN1c1ncc2c(n1)CCCC2. The molecule has 0 aromatic carbocycles. The molecule has 1 fully saturated rings. The minimum Gasteiger partial charge on any atom is -0.337 e. The van der Waals surface area contributed by atoms with E-state index in [0.29, 0.717) is 12.6 Å². The lowest BCUT2D eigenvalue weighted by Crippen LogP contribution is -2.36. The molecule has 0 amide bonds. The van der Waals surface area contributed by atoms with Crippen LogP contribution in [0.5, 0.6) is 0 Å². The lowest BCUT2D eigenvalue weighted by Gasteiger charge is -2.25. The van der Waals surface area contributed by atoms with Crippen molar-refractivity contribution in [3.8, 4) is 0 Å². The third-order valence-electron chi connectivity index (χ3n) is 3.96. The van der Waals surface area contributed by atoms with E-state index in [2.05, 4.69) is 9.88 Å². The van der Waals surface area contributed by atoms with Crippen LogP contribution in [0.1, 0.15) is 36.9 Å². The minimum absolute atomic E-state index is 0.441. The first kappa shape index (κ1) is 11.0. The maximum absolute atomic E-state index is 5.80. The Kier molecular flexibility index (Phi) is 2.97.